The predicted octanol–water partition coefficient (Wildman–Crippen LogP) is 3.95. The van der Waals surface area contributed by atoms with E-state index in [9.17, 15) is 19.8 Å². The number of ether oxygens (including phenoxy) is 2. The van der Waals surface area contributed by atoms with Crippen LogP contribution in [0.4, 0.5) is 0 Å². The first-order valence-electron chi connectivity index (χ1n) is 11.9. The van der Waals surface area contributed by atoms with E-state index in [0.29, 0.717) is 43.1 Å². The average Bonchev–Trinajstić information content (AvgIpc) is 3.09. The molecule has 0 aromatic heterocycles. The summed E-state index contributed by atoms with van der Waals surface area (Å²) in [5.41, 5.74) is 0.990. The molecule has 1 heterocycles. The van der Waals surface area contributed by atoms with Gasteiger partial charge in [-0.05, 0) is 82.4 Å². The highest BCUT2D eigenvalue weighted by Gasteiger charge is 2.46. The fraction of sp³-hybridized carbons (Fsp3) is 0.407. The number of aromatic hydroxyl groups is 1. The van der Waals surface area contributed by atoms with Crippen LogP contribution in [0.2, 0.25) is 0 Å². The molecule has 1 atom stereocenters. The molecule has 1 saturated heterocycles. The van der Waals surface area contributed by atoms with Gasteiger partial charge >= 0.3 is 0 Å². The molecule has 0 bridgehead atoms. The highest BCUT2D eigenvalue weighted by atomic mass is 16.5. The van der Waals surface area contributed by atoms with E-state index < -0.39 is 17.7 Å². The second kappa shape index (κ2) is 11.8. The van der Waals surface area contributed by atoms with Gasteiger partial charge in [-0.3, -0.25) is 9.59 Å². The van der Waals surface area contributed by atoms with Gasteiger partial charge in [0.15, 0.2) is 11.5 Å². The molecule has 0 spiro atoms. The molecule has 2 N–H and O–H groups in total. The van der Waals surface area contributed by atoms with Crippen molar-refractivity contribution in [3.05, 3.63) is 59.2 Å². The van der Waals surface area contributed by atoms with Crippen LogP contribution >= 0.6 is 0 Å². The van der Waals surface area contributed by atoms with Crippen molar-refractivity contribution in [1.82, 2.24) is 9.80 Å². The number of hydrogen-bond donors (Lipinski definition) is 2. The molecule has 1 aliphatic rings. The SMILES string of the molecule is CCCOc1ccc(/C(O)=C2\C(=O)C(=O)N(CCCN(C)C)C2c2ccc(O)c(OCC)c2)cc1. The van der Waals surface area contributed by atoms with Crippen molar-refractivity contribution in [3.8, 4) is 17.2 Å². The Morgan fingerprint density at radius 2 is 1.77 bits per heavy atom. The van der Waals surface area contributed by atoms with Gasteiger partial charge in [-0.15, -0.1) is 0 Å². The van der Waals surface area contributed by atoms with Crippen LogP contribution in [0.25, 0.3) is 5.76 Å². The predicted molar refractivity (Wildman–Crippen MR) is 134 cm³/mol. The number of rotatable bonds is 11. The summed E-state index contributed by atoms with van der Waals surface area (Å²) in [6.45, 7) is 5.79. The number of aliphatic hydroxyl groups is 1. The number of nitrogens with zero attached hydrogens (tertiary/aromatic N) is 2. The smallest absolute Gasteiger partial charge is 0.295 e. The van der Waals surface area contributed by atoms with E-state index in [1.807, 2.05) is 25.9 Å². The Morgan fingerprint density at radius 3 is 2.40 bits per heavy atom. The number of ketones is 1. The summed E-state index contributed by atoms with van der Waals surface area (Å²) in [5.74, 6) is -0.788. The van der Waals surface area contributed by atoms with Crippen molar-refractivity contribution in [2.45, 2.75) is 32.7 Å². The highest BCUT2D eigenvalue weighted by molar-refractivity contribution is 6.46. The van der Waals surface area contributed by atoms with Gasteiger partial charge < -0.3 is 29.5 Å². The first-order valence-corrected chi connectivity index (χ1v) is 11.9. The lowest BCUT2D eigenvalue weighted by Gasteiger charge is -2.26. The molecule has 3 rings (SSSR count). The summed E-state index contributed by atoms with van der Waals surface area (Å²) in [5, 5.41) is 21.4. The summed E-state index contributed by atoms with van der Waals surface area (Å²) < 4.78 is 11.1. The van der Waals surface area contributed by atoms with Gasteiger partial charge in [0.1, 0.15) is 11.5 Å². The van der Waals surface area contributed by atoms with Gasteiger partial charge in [-0.1, -0.05) is 13.0 Å². The Morgan fingerprint density at radius 1 is 1.06 bits per heavy atom. The number of phenolic OH excluding ortho intramolecular Hbond substituents is 1. The van der Waals surface area contributed by atoms with Crippen LogP contribution in [0.1, 0.15) is 43.9 Å². The van der Waals surface area contributed by atoms with Crippen LogP contribution in [0.15, 0.2) is 48.0 Å². The van der Waals surface area contributed by atoms with E-state index in [-0.39, 0.29) is 22.8 Å². The molecule has 0 radical (unpaired) electrons. The molecule has 0 saturated carbocycles. The number of amides is 1. The number of hydrogen-bond acceptors (Lipinski definition) is 7. The van der Waals surface area contributed by atoms with E-state index in [1.165, 1.54) is 11.0 Å². The molecular weight excluding hydrogens is 448 g/mol. The van der Waals surface area contributed by atoms with Crippen LogP contribution in [-0.4, -0.2) is 72.1 Å². The monoisotopic (exact) mass is 482 g/mol. The number of benzene rings is 2. The van der Waals surface area contributed by atoms with Gasteiger partial charge in [-0.25, -0.2) is 0 Å². The lowest BCUT2D eigenvalue weighted by molar-refractivity contribution is -0.139. The summed E-state index contributed by atoms with van der Waals surface area (Å²) in [6.07, 6.45) is 1.52. The lowest BCUT2D eigenvalue weighted by Crippen LogP contribution is -2.32. The molecule has 1 amide bonds. The fourth-order valence-electron chi connectivity index (χ4n) is 4.07. The number of carbonyl (C=O) groups is 2. The lowest BCUT2D eigenvalue weighted by atomic mass is 9.95. The minimum Gasteiger partial charge on any atom is -0.507 e. The summed E-state index contributed by atoms with van der Waals surface area (Å²) >= 11 is 0. The van der Waals surface area contributed by atoms with Crippen LogP contribution < -0.4 is 9.47 Å². The number of aliphatic hydroxyl groups excluding tert-OH is 1. The summed E-state index contributed by atoms with van der Waals surface area (Å²) in [4.78, 5) is 29.7. The molecule has 188 valence electrons. The average molecular weight is 483 g/mol. The van der Waals surface area contributed by atoms with E-state index >= 15 is 0 Å². The maximum Gasteiger partial charge on any atom is 0.295 e. The molecule has 1 unspecified atom stereocenters. The third-order valence-corrected chi connectivity index (χ3v) is 5.74. The summed E-state index contributed by atoms with van der Waals surface area (Å²) in [7, 11) is 3.88. The largest absolute Gasteiger partial charge is 0.507 e. The Labute approximate surface area is 206 Å². The zero-order chi connectivity index (χ0) is 25.5. The van der Waals surface area contributed by atoms with Crippen molar-refractivity contribution in [2.24, 2.45) is 0 Å². The Kier molecular flexibility index (Phi) is 8.76. The number of Topliss-reactive ketones (excluding diaryl/α,β-unsaturated/α-hetero) is 1. The molecule has 8 nitrogen and oxygen atoms in total. The van der Waals surface area contributed by atoms with Crippen molar-refractivity contribution in [2.75, 3.05) is 40.4 Å². The number of carbonyl (C=O) groups excluding carboxylic acids is 2. The van der Waals surface area contributed by atoms with E-state index in [2.05, 4.69) is 0 Å². The van der Waals surface area contributed by atoms with Gasteiger partial charge in [0.25, 0.3) is 11.7 Å². The number of likely N-dealkylation sites (tertiary alicyclic amines) is 1. The third-order valence-electron chi connectivity index (χ3n) is 5.74. The van der Waals surface area contributed by atoms with Gasteiger partial charge in [0.05, 0.1) is 24.8 Å². The van der Waals surface area contributed by atoms with E-state index in [4.69, 9.17) is 9.47 Å². The van der Waals surface area contributed by atoms with Crippen molar-refractivity contribution >= 4 is 17.4 Å². The van der Waals surface area contributed by atoms with Gasteiger partial charge in [0.2, 0.25) is 0 Å². The minimum absolute atomic E-state index is 0.00946. The molecular formula is C27H34N2O6. The molecule has 35 heavy (non-hydrogen) atoms. The van der Waals surface area contributed by atoms with Crippen molar-refractivity contribution in [1.29, 1.82) is 0 Å². The quantitative estimate of drug-likeness (QED) is 0.284. The fourth-order valence-corrected chi connectivity index (χ4v) is 4.07. The maximum atomic E-state index is 13.2. The zero-order valence-corrected chi connectivity index (χ0v) is 20.8. The summed E-state index contributed by atoms with van der Waals surface area (Å²) in [6, 6.07) is 10.7. The van der Waals surface area contributed by atoms with Crippen LogP contribution in [0.3, 0.4) is 0 Å². The van der Waals surface area contributed by atoms with E-state index in [0.717, 1.165) is 13.0 Å². The zero-order valence-electron chi connectivity index (χ0n) is 20.8. The molecule has 1 fully saturated rings. The topological polar surface area (TPSA) is 99.5 Å². The highest BCUT2D eigenvalue weighted by Crippen LogP contribution is 2.42. The normalized spacial score (nSPS) is 17.3. The third kappa shape index (κ3) is 5.95. The van der Waals surface area contributed by atoms with Gasteiger partial charge in [-0.2, -0.15) is 0 Å². The molecule has 8 heteroatoms. The maximum absolute atomic E-state index is 13.2. The minimum atomic E-state index is -0.812. The molecule has 1 aliphatic heterocycles. The standard InChI is InChI=1S/C27H34N2O6/c1-5-16-35-20-11-8-18(9-12-20)25(31)23-24(19-10-13-21(30)22(17-19)34-6-2)29(27(33)26(23)32)15-7-14-28(3)4/h8-13,17,24,30-31H,5-7,14-16H2,1-4H3/b25-23+. The van der Waals surface area contributed by atoms with Crippen LogP contribution in [0.5, 0.6) is 17.2 Å². The Hall–Kier alpha value is -3.52. The Balaban J connectivity index is 2.07. The van der Waals surface area contributed by atoms with Crippen molar-refractivity contribution < 1.29 is 29.3 Å². The first-order chi connectivity index (χ1) is 16.8. The first kappa shape index (κ1) is 26.1. The van der Waals surface area contributed by atoms with Crippen LogP contribution in [-0.2, 0) is 9.59 Å². The molecule has 2 aromatic rings. The van der Waals surface area contributed by atoms with Crippen LogP contribution in [0, 0.1) is 0 Å². The van der Waals surface area contributed by atoms with Gasteiger partial charge in [0, 0.05) is 12.1 Å². The number of phenols is 1. The second-order valence-corrected chi connectivity index (χ2v) is 8.68. The Bertz CT molecular complexity index is 1080. The van der Waals surface area contributed by atoms with Crippen molar-refractivity contribution in [3.63, 3.8) is 0 Å². The molecule has 0 aliphatic carbocycles. The van der Waals surface area contributed by atoms with E-state index in [1.54, 1.807) is 43.3 Å². The molecule has 2 aromatic carbocycles. The second-order valence-electron chi connectivity index (χ2n) is 8.68.